The third-order valence-corrected chi connectivity index (χ3v) is 1.59. The highest BCUT2D eigenvalue weighted by atomic mass is 35.5. The van der Waals surface area contributed by atoms with Crippen LogP contribution in [0.25, 0.3) is 0 Å². The summed E-state index contributed by atoms with van der Waals surface area (Å²) in [5, 5.41) is 7.41. The van der Waals surface area contributed by atoms with Crippen molar-refractivity contribution in [3.05, 3.63) is 18.0 Å². The molecule has 1 aromatic heterocycles. The fourth-order valence-corrected chi connectivity index (χ4v) is 0.940. The number of hydrogen-bond acceptors (Lipinski definition) is 2. The van der Waals surface area contributed by atoms with Crippen molar-refractivity contribution in [3.8, 4) is 0 Å². The van der Waals surface area contributed by atoms with Crippen molar-refractivity contribution < 1.29 is 0 Å². The van der Waals surface area contributed by atoms with Gasteiger partial charge in [0.05, 0.1) is 6.20 Å². The van der Waals surface area contributed by atoms with Crippen molar-refractivity contribution in [3.63, 3.8) is 0 Å². The molecule has 0 aliphatic rings. The molecule has 1 heterocycles. The lowest BCUT2D eigenvalue weighted by molar-refractivity contribution is 0.657. The molecule has 0 amide bonds. The molecule has 3 nitrogen and oxygen atoms in total. The zero-order valence-corrected chi connectivity index (χ0v) is 8.40. The van der Waals surface area contributed by atoms with Gasteiger partial charge in [0.2, 0.25) is 0 Å². The molecule has 1 rings (SSSR count). The molecule has 0 aliphatic carbocycles. The molecular weight excluding hydrogens is 174 g/mol. The Morgan fingerprint density at radius 1 is 1.50 bits per heavy atom. The zero-order chi connectivity index (χ0) is 8.10. The quantitative estimate of drug-likeness (QED) is 0.777. The lowest BCUT2D eigenvalue weighted by Crippen LogP contribution is -2.10. The number of halogens is 1. The molecule has 0 spiro atoms. The highest BCUT2D eigenvalue weighted by molar-refractivity contribution is 5.85. The van der Waals surface area contributed by atoms with Crippen LogP contribution in [-0.2, 0) is 13.1 Å². The van der Waals surface area contributed by atoms with Gasteiger partial charge in [0.25, 0.3) is 0 Å². The molecule has 0 aromatic carbocycles. The summed E-state index contributed by atoms with van der Waals surface area (Å²) in [6.45, 7) is 7.08. The van der Waals surface area contributed by atoms with E-state index in [9.17, 15) is 0 Å². The molecule has 0 bridgehead atoms. The Morgan fingerprint density at radius 2 is 2.25 bits per heavy atom. The summed E-state index contributed by atoms with van der Waals surface area (Å²) in [6.07, 6.45) is 3.98. The van der Waals surface area contributed by atoms with Gasteiger partial charge in [-0.25, -0.2) is 0 Å². The van der Waals surface area contributed by atoms with Crippen molar-refractivity contribution >= 4 is 12.4 Å². The van der Waals surface area contributed by atoms with Crippen LogP contribution in [0.15, 0.2) is 12.4 Å². The second-order valence-electron chi connectivity index (χ2n) is 2.48. The second-order valence-corrected chi connectivity index (χ2v) is 2.48. The van der Waals surface area contributed by atoms with Crippen LogP contribution in [0.2, 0.25) is 0 Å². The van der Waals surface area contributed by atoms with Crippen molar-refractivity contribution in [2.24, 2.45) is 0 Å². The minimum Gasteiger partial charge on any atom is -0.313 e. The lowest BCUT2D eigenvalue weighted by Gasteiger charge is -1.95. The van der Waals surface area contributed by atoms with E-state index in [1.54, 1.807) is 0 Å². The van der Waals surface area contributed by atoms with E-state index in [1.807, 2.05) is 10.9 Å². The van der Waals surface area contributed by atoms with Gasteiger partial charge in [0.15, 0.2) is 0 Å². The summed E-state index contributed by atoms with van der Waals surface area (Å²) >= 11 is 0. The maximum absolute atomic E-state index is 4.16. The first kappa shape index (κ1) is 11.5. The van der Waals surface area contributed by atoms with Crippen LogP contribution in [0.1, 0.15) is 19.4 Å². The molecule has 0 saturated carbocycles. The van der Waals surface area contributed by atoms with Crippen LogP contribution >= 0.6 is 12.4 Å². The van der Waals surface area contributed by atoms with Crippen LogP contribution in [-0.4, -0.2) is 16.3 Å². The Hall–Kier alpha value is -0.540. The molecule has 12 heavy (non-hydrogen) atoms. The average Bonchev–Trinajstić information content (AvgIpc) is 2.48. The van der Waals surface area contributed by atoms with Gasteiger partial charge in [0.1, 0.15) is 0 Å². The highest BCUT2D eigenvalue weighted by Crippen LogP contribution is 1.95. The molecule has 0 atom stereocenters. The Balaban J connectivity index is 0.00000121. The van der Waals surface area contributed by atoms with Crippen LogP contribution in [0.5, 0.6) is 0 Å². The van der Waals surface area contributed by atoms with E-state index >= 15 is 0 Å². The fraction of sp³-hybridized carbons (Fsp3) is 0.625. The summed E-state index contributed by atoms with van der Waals surface area (Å²) in [5.74, 6) is 0. The van der Waals surface area contributed by atoms with E-state index in [2.05, 4.69) is 30.5 Å². The van der Waals surface area contributed by atoms with E-state index in [-0.39, 0.29) is 12.4 Å². The topological polar surface area (TPSA) is 29.9 Å². The molecule has 1 N–H and O–H groups in total. The third-order valence-electron chi connectivity index (χ3n) is 1.59. The summed E-state index contributed by atoms with van der Waals surface area (Å²) in [4.78, 5) is 0. The Bertz CT molecular complexity index is 210. The van der Waals surface area contributed by atoms with Crippen molar-refractivity contribution in [2.75, 3.05) is 6.54 Å². The first-order valence-electron chi connectivity index (χ1n) is 4.08. The zero-order valence-electron chi connectivity index (χ0n) is 7.58. The van der Waals surface area contributed by atoms with Crippen LogP contribution < -0.4 is 5.32 Å². The van der Waals surface area contributed by atoms with Gasteiger partial charge in [-0.3, -0.25) is 4.68 Å². The number of rotatable bonds is 4. The van der Waals surface area contributed by atoms with Crippen LogP contribution in [0.3, 0.4) is 0 Å². The summed E-state index contributed by atoms with van der Waals surface area (Å²) in [5.41, 5.74) is 1.26. The van der Waals surface area contributed by atoms with Gasteiger partial charge >= 0.3 is 0 Å². The molecule has 0 radical (unpaired) electrons. The van der Waals surface area contributed by atoms with Crippen LogP contribution in [0, 0.1) is 0 Å². The van der Waals surface area contributed by atoms with Gasteiger partial charge < -0.3 is 5.32 Å². The van der Waals surface area contributed by atoms with Gasteiger partial charge in [0, 0.05) is 24.8 Å². The average molecular weight is 190 g/mol. The number of hydrogen-bond donors (Lipinski definition) is 1. The van der Waals surface area contributed by atoms with Crippen LogP contribution in [0.4, 0.5) is 0 Å². The third kappa shape index (κ3) is 3.24. The maximum Gasteiger partial charge on any atom is 0.0534 e. The van der Waals surface area contributed by atoms with E-state index in [0.717, 1.165) is 19.6 Å². The molecular formula is C8H16ClN3. The Labute approximate surface area is 79.6 Å². The van der Waals surface area contributed by atoms with Gasteiger partial charge in [-0.15, -0.1) is 12.4 Å². The predicted molar refractivity (Wildman–Crippen MR) is 52.5 cm³/mol. The minimum atomic E-state index is 0. The maximum atomic E-state index is 4.16. The van der Waals surface area contributed by atoms with E-state index < -0.39 is 0 Å². The predicted octanol–water partition coefficient (Wildman–Crippen LogP) is 1.43. The second kappa shape index (κ2) is 6.03. The monoisotopic (exact) mass is 189 g/mol. The SMILES string of the molecule is CCNCc1cnn(CC)c1.Cl. The van der Waals surface area contributed by atoms with Crippen molar-refractivity contribution in [2.45, 2.75) is 26.9 Å². The van der Waals surface area contributed by atoms with Crippen molar-refractivity contribution in [1.29, 1.82) is 0 Å². The summed E-state index contributed by atoms with van der Waals surface area (Å²) < 4.78 is 1.94. The fourth-order valence-electron chi connectivity index (χ4n) is 0.940. The van der Waals surface area contributed by atoms with E-state index in [1.165, 1.54) is 5.56 Å². The highest BCUT2D eigenvalue weighted by Gasteiger charge is 1.94. The molecule has 0 aliphatic heterocycles. The number of aryl methyl sites for hydroxylation is 1. The standard InChI is InChI=1S/C8H15N3.ClH/c1-3-9-5-8-6-10-11(4-2)7-8;/h6-7,9H,3-5H2,1-2H3;1H. The molecule has 0 saturated heterocycles. The van der Waals surface area contributed by atoms with E-state index in [0.29, 0.717) is 0 Å². The summed E-state index contributed by atoms with van der Waals surface area (Å²) in [6, 6.07) is 0. The molecule has 0 fully saturated rings. The first-order chi connectivity index (χ1) is 5.36. The smallest absolute Gasteiger partial charge is 0.0534 e. The molecule has 70 valence electrons. The number of nitrogens with zero attached hydrogens (tertiary/aromatic N) is 2. The van der Waals surface area contributed by atoms with Gasteiger partial charge in [-0.2, -0.15) is 5.10 Å². The molecule has 4 heteroatoms. The number of nitrogens with one attached hydrogen (secondary N) is 1. The first-order valence-corrected chi connectivity index (χ1v) is 4.08. The number of aromatic nitrogens is 2. The molecule has 1 aromatic rings. The van der Waals surface area contributed by atoms with Crippen molar-refractivity contribution in [1.82, 2.24) is 15.1 Å². The van der Waals surface area contributed by atoms with Gasteiger partial charge in [-0.1, -0.05) is 6.92 Å². The largest absolute Gasteiger partial charge is 0.313 e. The Morgan fingerprint density at radius 3 is 2.75 bits per heavy atom. The minimum absolute atomic E-state index is 0. The molecule has 0 unspecified atom stereocenters. The van der Waals surface area contributed by atoms with Gasteiger partial charge in [-0.05, 0) is 13.5 Å². The van der Waals surface area contributed by atoms with E-state index in [4.69, 9.17) is 0 Å². The summed E-state index contributed by atoms with van der Waals surface area (Å²) in [7, 11) is 0. The Kier molecular flexibility index (Phi) is 5.76. The lowest BCUT2D eigenvalue weighted by atomic mass is 10.3. The normalized spacial score (nSPS) is 9.50.